The Labute approximate surface area is 230 Å². The summed E-state index contributed by atoms with van der Waals surface area (Å²) in [5, 5.41) is 33.3. The van der Waals surface area contributed by atoms with Crippen LogP contribution in [0, 0.1) is 0 Å². The molecule has 0 saturated heterocycles. The maximum absolute atomic E-state index is 12.9. The van der Waals surface area contributed by atoms with Crippen molar-refractivity contribution in [3.63, 3.8) is 0 Å². The van der Waals surface area contributed by atoms with E-state index < -0.39 is 35.6 Å². The number of aryl methyl sites for hydroxylation is 1. The fraction of sp³-hybridized carbons (Fsp3) is 0.308. The molecule has 3 rings (SSSR count). The highest BCUT2D eigenvalue weighted by atomic mass is 19.4. The van der Waals surface area contributed by atoms with Gasteiger partial charge in [0.05, 0.1) is 31.7 Å². The molecule has 0 aliphatic heterocycles. The summed E-state index contributed by atoms with van der Waals surface area (Å²) in [6.07, 6.45) is -1.19. The van der Waals surface area contributed by atoms with Crippen LogP contribution in [0.25, 0.3) is 10.9 Å². The first-order valence-corrected chi connectivity index (χ1v) is 12.0. The summed E-state index contributed by atoms with van der Waals surface area (Å²) in [4.78, 5) is 53.0. The standard InChI is InChI=1S/C22H24F3N3O.2C2H2O4/c1-2-27(14-11-17-7-5-8-18(15-17)22(23,24)25)12-6-13-28-16-26-20-10-4-3-9-19(20)21(28)29;2*3-1(4)2(5)6/h3-5,7-10,15-16H,2,6,11-14H2,1H3;2*(H,3,4)(H,5,6). The number of benzene rings is 2. The van der Waals surface area contributed by atoms with Gasteiger partial charge in [0.25, 0.3) is 0 Å². The summed E-state index contributed by atoms with van der Waals surface area (Å²) in [6, 6.07) is 13.0. The van der Waals surface area contributed by atoms with E-state index in [1.165, 1.54) is 17.0 Å². The Morgan fingerprint density at radius 2 is 1.54 bits per heavy atom. The maximum Gasteiger partial charge on any atom is 0.416 e. The summed E-state index contributed by atoms with van der Waals surface area (Å²) in [5.74, 6) is -8.02. The lowest BCUT2D eigenvalue weighted by Crippen LogP contribution is -3.12. The molecule has 1 atom stereocenters. The van der Waals surface area contributed by atoms with Crippen LogP contribution >= 0.6 is 0 Å². The van der Waals surface area contributed by atoms with E-state index in [0.29, 0.717) is 23.9 Å². The van der Waals surface area contributed by atoms with Gasteiger partial charge in [0.1, 0.15) is 10.9 Å². The van der Waals surface area contributed by atoms with Gasteiger partial charge in [0.15, 0.2) is 11.9 Å². The number of nitrogens with zero attached hydrogens (tertiary/aromatic N) is 1. The zero-order chi connectivity index (χ0) is 31.2. The number of carboxylic acids is 4. The number of hydrogen-bond donors (Lipinski definition) is 3. The Morgan fingerprint density at radius 1 is 0.951 bits per heavy atom. The first kappa shape index (κ1) is 34.2. The zero-order valence-electron chi connectivity index (χ0n) is 21.8. The third-order valence-corrected chi connectivity index (χ3v) is 5.59. The maximum atomic E-state index is 12.9. The number of aromatic amines is 1. The Morgan fingerprint density at radius 3 is 2.07 bits per heavy atom. The number of H-pyrrole nitrogens is 1. The minimum absolute atomic E-state index is 0.0126. The molecule has 0 aliphatic rings. The molecular weight excluding hydrogens is 555 g/mol. The molecule has 0 saturated carbocycles. The highest BCUT2D eigenvalue weighted by Gasteiger charge is 2.30. The molecule has 0 amide bonds. The van der Waals surface area contributed by atoms with Gasteiger partial charge in [-0.25, -0.2) is 19.4 Å². The van der Waals surface area contributed by atoms with Crippen LogP contribution in [0.1, 0.15) is 24.5 Å². The predicted octanol–water partition coefficient (Wildman–Crippen LogP) is -1.99. The van der Waals surface area contributed by atoms with Gasteiger partial charge in [0.2, 0.25) is 6.33 Å². The predicted molar refractivity (Wildman–Crippen MR) is 131 cm³/mol. The number of carboxylic acid groups (broad SMARTS) is 4. The van der Waals surface area contributed by atoms with Crippen molar-refractivity contribution in [3.05, 3.63) is 76.3 Å². The van der Waals surface area contributed by atoms with Crippen LogP contribution in [0.2, 0.25) is 0 Å². The van der Waals surface area contributed by atoms with Crippen LogP contribution in [0.15, 0.2) is 59.7 Å². The van der Waals surface area contributed by atoms with Crippen molar-refractivity contribution in [3.8, 4) is 0 Å². The van der Waals surface area contributed by atoms with Gasteiger partial charge in [0, 0.05) is 12.8 Å². The molecule has 4 N–H and O–H groups in total. The lowest BCUT2D eigenvalue weighted by Gasteiger charge is -2.17. The topological polar surface area (TPSA) is 195 Å². The van der Waals surface area contributed by atoms with Crippen molar-refractivity contribution in [1.82, 2.24) is 4.57 Å². The number of aliphatic carboxylic acids is 4. The van der Waals surface area contributed by atoms with Crippen molar-refractivity contribution < 1.29 is 62.7 Å². The highest BCUT2D eigenvalue weighted by molar-refractivity contribution is 6.26. The summed E-state index contributed by atoms with van der Waals surface area (Å²) in [6.45, 7) is 5.17. The lowest BCUT2D eigenvalue weighted by atomic mass is 10.1. The third-order valence-electron chi connectivity index (χ3n) is 5.59. The number of likely N-dealkylation sites (N-methyl/N-ethyl adjacent to an activating group) is 1. The largest absolute Gasteiger partial charge is 0.539 e. The Bertz CT molecular complexity index is 1360. The molecule has 12 nitrogen and oxygen atoms in total. The lowest BCUT2D eigenvalue weighted by molar-refractivity contribution is -0.898. The monoisotopic (exact) mass is 583 g/mol. The first-order valence-electron chi connectivity index (χ1n) is 12.0. The number of hydrogen-bond acceptors (Lipinski definition) is 7. The molecule has 1 heterocycles. The number of carbonyl (C=O) groups is 4. The van der Waals surface area contributed by atoms with Crippen LogP contribution in [-0.4, -0.2) is 58.3 Å². The average molecular weight is 584 g/mol. The molecule has 0 spiro atoms. The average Bonchev–Trinajstić information content (AvgIpc) is 2.92. The zero-order valence-corrected chi connectivity index (χ0v) is 21.8. The van der Waals surface area contributed by atoms with E-state index in [-0.39, 0.29) is 5.56 Å². The van der Waals surface area contributed by atoms with Crippen LogP contribution in [0.3, 0.4) is 0 Å². The minimum Gasteiger partial charge on any atom is -0.539 e. The van der Waals surface area contributed by atoms with Crippen LogP contribution in [0.4, 0.5) is 13.2 Å². The molecule has 0 fully saturated rings. The van der Waals surface area contributed by atoms with Gasteiger partial charge < -0.3 is 34.9 Å². The second-order valence-electron chi connectivity index (χ2n) is 8.41. The van der Waals surface area contributed by atoms with Crippen LogP contribution in [-0.2, 0) is 38.3 Å². The molecule has 41 heavy (non-hydrogen) atoms. The number of nitrogens with one attached hydrogen (secondary N) is 2. The quantitative estimate of drug-likeness (QED) is 0.252. The summed E-state index contributed by atoms with van der Waals surface area (Å²) in [5.41, 5.74) is 0.906. The van der Waals surface area contributed by atoms with E-state index in [9.17, 15) is 18.0 Å². The molecular formula is C26H28F3N3O9. The van der Waals surface area contributed by atoms with E-state index in [0.717, 1.165) is 37.6 Å². The normalized spacial score (nSPS) is 11.3. The molecule has 222 valence electrons. The highest BCUT2D eigenvalue weighted by Crippen LogP contribution is 2.29. The van der Waals surface area contributed by atoms with Crippen molar-refractivity contribution >= 4 is 34.8 Å². The van der Waals surface area contributed by atoms with Crippen molar-refractivity contribution in [2.45, 2.75) is 32.5 Å². The van der Waals surface area contributed by atoms with Crippen LogP contribution in [0.5, 0.6) is 0 Å². The van der Waals surface area contributed by atoms with Crippen LogP contribution < -0.4 is 25.7 Å². The molecule has 1 aromatic heterocycles. The summed E-state index contributed by atoms with van der Waals surface area (Å²) < 4.78 is 40.2. The van der Waals surface area contributed by atoms with Gasteiger partial charge in [-0.05, 0) is 30.7 Å². The Balaban J connectivity index is 0.000000588. The van der Waals surface area contributed by atoms with Gasteiger partial charge >= 0.3 is 23.7 Å². The number of alkyl halides is 3. The molecule has 0 bridgehead atoms. The van der Waals surface area contributed by atoms with Crippen molar-refractivity contribution in [2.24, 2.45) is 0 Å². The summed E-state index contributed by atoms with van der Waals surface area (Å²) >= 11 is 0. The smallest absolute Gasteiger partial charge is 0.416 e. The fourth-order valence-corrected chi connectivity index (χ4v) is 3.52. The van der Waals surface area contributed by atoms with E-state index in [1.807, 2.05) is 24.3 Å². The van der Waals surface area contributed by atoms with Crippen molar-refractivity contribution in [1.29, 1.82) is 0 Å². The molecule has 15 heteroatoms. The van der Waals surface area contributed by atoms with Gasteiger partial charge in [-0.15, -0.1) is 0 Å². The van der Waals surface area contributed by atoms with Gasteiger partial charge in [-0.3, -0.25) is 0 Å². The van der Waals surface area contributed by atoms with Gasteiger partial charge in [-0.1, -0.05) is 30.3 Å². The molecule has 0 aliphatic carbocycles. The molecule has 0 radical (unpaired) electrons. The van der Waals surface area contributed by atoms with Crippen molar-refractivity contribution in [2.75, 3.05) is 19.6 Å². The number of aromatic nitrogens is 2. The van der Waals surface area contributed by atoms with E-state index in [2.05, 4.69) is 11.9 Å². The minimum atomic E-state index is -4.31. The number of quaternary nitrogens is 1. The first-order chi connectivity index (χ1) is 19.2. The van der Waals surface area contributed by atoms with E-state index in [1.54, 1.807) is 17.0 Å². The number of halogens is 3. The fourth-order valence-electron chi connectivity index (χ4n) is 3.52. The Hall–Kier alpha value is -4.79. The number of carbonyl (C=O) groups excluding carboxylic acids is 2. The SMILES string of the molecule is CC[NH+](CCCn1c[nH+]c2ccccc2c1=O)CCc1cccc(C(F)(F)F)c1.O=C([O-])C(=O)O.O=C([O-])C(=O)O. The van der Waals surface area contributed by atoms with E-state index in [4.69, 9.17) is 39.6 Å². The van der Waals surface area contributed by atoms with Gasteiger partial charge in [-0.2, -0.15) is 17.7 Å². The third kappa shape index (κ3) is 12.3. The molecule has 2 aromatic carbocycles. The second-order valence-corrected chi connectivity index (χ2v) is 8.41. The number of para-hydroxylation sites is 1. The number of fused-ring (bicyclic) bond motifs is 1. The number of rotatable bonds is 8. The van der Waals surface area contributed by atoms with E-state index >= 15 is 0 Å². The molecule has 1 unspecified atom stereocenters. The molecule has 3 aromatic rings. The Kier molecular flexibility index (Phi) is 13.6. The second kappa shape index (κ2) is 16.3. The summed E-state index contributed by atoms with van der Waals surface area (Å²) in [7, 11) is 0.